The first-order valence-electron chi connectivity index (χ1n) is 6.02. The molecule has 0 aliphatic heterocycles. The maximum Gasteiger partial charge on any atom is 0.133 e. The van der Waals surface area contributed by atoms with E-state index in [2.05, 4.69) is 15.9 Å². The van der Waals surface area contributed by atoms with E-state index in [1.54, 1.807) is 6.07 Å². The van der Waals surface area contributed by atoms with Crippen LogP contribution in [-0.4, -0.2) is 6.54 Å². The summed E-state index contributed by atoms with van der Waals surface area (Å²) in [6, 6.07) is 10.2. The Balaban J connectivity index is 2.24. The molecule has 100 valence electrons. The third-order valence-electron chi connectivity index (χ3n) is 2.82. The number of aryl methyl sites for hydroxylation is 1. The maximum atomic E-state index is 13.2. The monoisotopic (exact) mass is 323 g/mol. The van der Waals surface area contributed by atoms with Crippen LogP contribution in [0.5, 0.6) is 11.5 Å². The number of benzene rings is 2. The first kappa shape index (κ1) is 14.0. The second kappa shape index (κ2) is 6.17. The summed E-state index contributed by atoms with van der Waals surface area (Å²) < 4.78 is 19.8. The molecule has 0 bridgehead atoms. The first-order valence-corrected chi connectivity index (χ1v) is 6.82. The number of hydrogen-bond acceptors (Lipinski definition) is 2. The lowest BCUT2D eigenvalue weighted by Gasteiger charge is -2.10. The zero-order chi connectivity index (χ0) is 13.8. The number of nitrogens with two attached hydrogens (primary N) is 1. The van der Waals surface area contributed by atoms with Crippen molar-refractivity contribution >= 4 is 15.9 Å². The third-order valence-corrected chi connectivity index (χ3v) is 3.55. The highest BCUT2D eigenvalue weighted by atomic mass is 79.9. The summed E-state index contributed by atoms with van der Waals surface area (Å²) in [4.78, 5) is 0. The molecule has 0 saturated carbocycles. The number of rotatable bonds is 4. The molecule has 0 heterocycles. The van der Waals surface area contributed by atoms with Gasteiger partial charge in [-0.3, -0.25) is 0 Å². The molecule has 2 N–H and O–H groups in total. The Morgan fingerprint density at radius 1 is 1.21 bits per heavy atom. The van der Waals surface area contributed by atoms with Gasteiger partial charge in [0, 0.05) is 10.5 Å². The van der Waals surface area contributed by atoms with Crippen molar-refractivity contribution in [3.05, 3.63) is 57.8 Å². The average Bonchev–Trinajstić information content (AvgIpc) is 2.37. The molecule has 2 nitrogen and oxygen atoms in total. The molecule has 0 saturated heterocycles. The largest absolute Gasteiger partial charge is 0.457 e. The van der Waals surface area contributed by atoms with Crippen molar-refractivity contribution in [2.45, 2.75) is 13.3 Å². The Hall–Kier alpha value is -1.39. The summed E-state index contributed by atoms with van der Waals surface area (Å²) in [6.45, 7) is 2.48. The minimum Gasteiger partial charge on any atom is -0.457 e. The lowest BCUT2D eigenvalue weighted by molar-refractivity contribution is 0.472. The fourth-order valence-corrected chi connectivity index (χ4v) is 2.32. The Bertz CT molecular complexity index is 586. The van der Waals surface area contributed by atoms with Crippen LogP contribution in [0.2, 0.25) is 0 Å². The molecular weight excluding hydrogens is 309 g/mol. The van der Waals surface area contributed by atoms with Crippen LogP contribution in [0.3, 0.4) is 0 Å². The van der Waals surface area contributed by atoms with Crippen molar-refractivity contribution in [1.29, 1.82) is 0 Å². The Labute approximate surface area is 120 Å². The molecule has 0 fully saturated rings. The van der Waals surface area contributed by atoms with Gasteiger partial charge in [-0.1, -0.05) is 28.1 Å². The van der Waals surface area contributed by atoms with Crippen molar-refractivity contribution in [3.8, 4) is 11.5 Å². The number of halogens is 2. The molecule has 0 aromatic heterocycles. The molecule has 0 unspecified atom stereocenters. The molecule has 4 heteroatoms. The molecule has 2 aromatic rings. The van der Waals surface area contributed by atoms with Crippen LogP contribution in [0.25, 0.3) is 0 Å². The van der Waals surface area contributed by atoms with E-state index in [4.69, 9.17) is 10.5 Å². The van der Waals surface area contributed by atoms with Gasteiger partial charge in [0.25, 0.3) is 0 Å². The second-order valence-electron chi connectivity index (χ2n) is 4.30. The Kier molecular flexibility index (Phi) is 4.56. The van der Waals surface area contributed by atoms with E-state index in [1.165, 1.54) is 12.1 Å². The van der Waals surface area contributed by atoms with Gasteiger partial charge in [-0.05, 0) is 49.2 Å². The zero-order valence-corrected chi connectivity index (χ0v) is 12.2. The van der Waals surface area contributed by atoms with Gasteiger partial charge in [0.1, 0.15) is 17.3 Å². The molecule has 0 spiro atoms. The molecule has 2 rings (SSSR count). The van der Waals surface area contributed by atoms with E-state index < -0.39 is 0 Å². The first-order chi connectivity index (χ1) is 9.10. The maximum absolute atomic E-state index is 13.2. The van der Waals surface area contributed by atoms with Gasteiger partial charge >= 0.3 is 0 Å². The minimum absolute atomic E-state index is 0.306. The Morgan fingerprint density at radius 2 is 2.00 bits per heavy atom. The quantitative estimate of drug-likeness (QED) is 0.915. The molecular formula is C15H15BrFNO. The van der Waals surface area contributed by atoms with Crippen LogP contribution in [0, 0.1) is 12.7 Å². The van der Waals surface area contributed by atoms with Crippen molar-refractivity contribution in [2.75, 3.05) is 6.54 Å². The van der Waals surface area contributed by atoms with Gasteiger partial charge < -0.3 is 10.5 Å². The molecule has 0 aliphatic rings. The summed E-state index contributed by atoms with van der Waals surface area (Å²) in [5.74, 6) is 0.888. The summed E-state index contributed by atoms with van der Waals surface area (Å²) >= 11 is 3.48. The SMILES string of the molecule is Cc1ccc(F)cc1Oc1ccc(CCN)c(Br)c1. The number of hydrogen-bond donors (Lipinski definition) is 1. The summed E-state index contributed by atoms with van der Waals surface area (Å²) in [5, 5.41) is 0. The fraction of sp³-hybridized carbons (Fsp3) is 0.200. The van der Waals surface area contributed by atoms with Gasteiger partial charge in [0.05, 0.1) is 0 Å². The van der Waals surface area contributed by atoms with Gasteiger partial charge in [-0.25, -0.2) is 4.39 Å². The minimum atomic E-state index is -0.306. The van der Waals surface area contributed by atoms with E-state index >= 15 is 0 Å². The zero-order valence-electron chi connectivity index (χ0n) is 10.6. The molecule has 2 aromatic carbocycles. The van der Waals surface area contributed by atoms with Gasteiger partial charge in [0.2, 0.25) is 0 Å². The topological polar surface area (TPSA) is 35.2 Å². The summed E-state index contributed by atoms with van der Waals surface area (Å²) in [7, 11) is 0. The third kappa shape index (κ3) is 3.55. The lowest BCUT2D eigenvalue weighted by atomic mass is 10.1. The molecule has 0 amide bonds. The predicted octanol–water partition coefficient (Wildman–Crippen LogP) is 4.19. The van der Waals surface area contributed by atoms with Gasteiger partial charge in [-0.2, -0.15) is 0 Å². The van der Waals surface area contributed by atoms with Crippen LogP contribution in [0.4, 0.5) is 4.39 Å². The molecule has 0 aliphatic carbocycles. The average molecular weight is 324 g/mol. The second-order valence-corrected chi connectivity index (χ2v) is 5.16. The Morgan fingerprint density at radius 3 is 2.68 bits per heavy atom. The summed E-state index contributed by atoms with van der Waals surface area (Å²) in [5.41, 5.74) is 7.56. The van der Waals surface area contributed by atoms with Crippen molar-refractivity contribution in [2.24, 2.45) is 5.73 Å². The molecule has 0 radical (unpaired) electrons. The van der Waals surface area contributed by atoms with E-state index in [-0.39, 0.29) is 5.82 Å². The van der Waals surface area contributed by atoms with E-state index in [0.717, 1.165) is 22.0 Å². The van der Waals surface area contributed by atoms with E-state index in [9.17, 15) is 4.39 Å². The summed E-state index contributed by atoms with van der Waals surface area (Å²) in [6.07, 6.45) is 0.805. The van der Waals surface area contributed by atoms with Crippen molar-refractivity contribution in [3.63, 3.8) is 0 Å². The highest BCUT2D eigenvalue weighted by molar-refractivity contribution is 9.10. The number of ether oxygens (including phenoxy) is 1. The lowest BCUT2D eigenvalue weighted by Crippen LogP contribution is -2.03. The molecule has 0 atom stereocenters. The molecule has 19 heavy (non-hydrogen) atoms. The van der Waals surface area contributed by atoms with Crippen molar-refractivity contribution < 1.29 is 9.13 Å². The fourth-order valence-electron chi connectivity index (χ4n) is 1.76. The van der Waals surface area contributed by atoms with E-state index in [1.807, 2.05) is 25.1 Å². The highest BCUT2D eigenvalue weighted by Crippen LogP contribution is 2.29. The van der Waals surface area contributed by atoms with Crippen molar-refractivity contribution in [1.82, 2.24) is 0 Å². The normalized spacial score (nSPS) is 10.5. The predicted molar refractivity (Wildman–Crippen MR) is 78.1 cm³/mol. The smallest absolute Gasteiger partial charge is 0.133 e. The van der Waals surface area contributed by atoms with Crippen LogP contribution in [-0.2, 0) is 6.42 Å². The van der Waals surface area contributed by atoms with Crippen LogP contribution < -0.4 is 10.5 Å². The van der Waals surface area contributed by atoms with Crippen LogP contribution in [0.1, 0.15) is 11.1 Å². The van der Waals surface area contributed by atoms with Gasteiger partial charge in [-0.15, -0.1) is 0 Å². The van der Waals surface area contributed by atoms with Crippen LogP contribution >= 0.6 is 15.9 Å². The van der Waals surface area contributed by atoms with E-state index in [0.29, 0.717) is 18.0 Å². The highest BCUT2D eigenvalue weighted by Gasteiger charge is 2.06. The van der Waals surface area contributed by atoms with Gasteiger partial charge in [0.15, 0.2) is 0 Å². The van der Waals surface area contributed by atoms with Crippen LogP contribution in [0.15, 0.2) is 40.9 Å². The standard InChI is InChI=1S/C15H15BrFNO/c1-10-2-4-12(17)8-15(10)19-13-5-3-11(6-7-18)14(16)9-13/h2-5,8-9H,6-7,18H2,1H3.